The second kappa shape index (κ2) is 7.11. The van der Waals surface area contributed by atoms with Crippen LogP contribution in [0.25, 0.3) is 0 Å². The Morgan fingerprint density at radius 2 is 1.90 bits per heavy atom. The molecule has 0 aromatic heterocycles. The Labute approximate surface area is 128 Å². The first kappa shape index (κ1) is 15.4. The largest absolute Gasteiger partial charge is 0.327 e. The molecular formula is C16H17ClFNS. The van der Waals surface area contributed by atoms with Gasteiger partial charge in [-0.1, -0.05) is 35.9 Å². The van der Waals surface area contributed by atoms with E-state index in [1.807, 2.05) is 37.3 Å². The molecule has 0 radical (unpaired) electrons. The molecule has 0 aliphatic carbocycles. The molecule has 1 nitrogen and oxygen atoms in total. The highest BCUT2D eigenvalue weighted by Gasteiger charge is 2.17. The van der Waals surface area contributed by atoms with Gasteiger partial charge in [-0.2, -0.15) is 0 Å². The fourth-order valence-corrected chi connectivity index (χ4v) is 3.33. The number of rotatable bonds is 5. The zero-order valence-corrected chi connectivity index (χ0v) is 12.8. The van der Waals surface area contributed by atoms with Gasteiger partial charge in [0.1, 0.15) is 5.82 Å². The van der Waals surface area contributed by atoms with Crippen LogP contribution in [-0.4, -0.2) is 6.04 Å². The van der Waals surface area contributed by atoms with Crippen molar-refractivity contribution in [3.05, 3.63) is 70.5 Å². The summed E-state index contributed by atoms with van der Waals surface area (Å²) in [6, 6.07) is 14.4. The minimum atomic E-state index is -0.222. The van der Waals surface area contributed by atoms with Crippen LogP contribution in [0.3, 0.4) is 0 Å². The van der Waals surface area contributed by atoms with Gasteiger partial charge in [0.15, 0.2) is 0 Å². The molecule has 0 saturated heterocycles. The van der Waals surface area contributed by atoms with Gasteiger partial charge in [-0.25, -0.2) is 4.39 Å². The summed E-state index contributed by atoms with van der Waals surface area (Å²) in [4.78, 5) is 0. The Hall–Kier alpha value is -1.03. The fraction of sp³-hybridized carbons (Fsp3) is 0.250. The van der Waals surface area contributed by atoms with Gasteiger partial charge in [-0.3, -0.25) is 0 Å². The van der Waals surface area contributed by atoms with E-state index >= 15 is 0 Å². The SMILES string of the molecule is CC(N)C(SCc1ccc(Cl)cc1)c1cccc(F)c1. The van der Waals surface area contributed by atoms with Crippen molar-refractivity contribution in [1.29, 1.82) is 0 Å². The highest BCUT2D eigenvalue weighted by Crippen LogP contribution is 2.34. The van der Waals surface area contributed by atoms with E-state index in [9.17, 15) is 4.39 Å². The lowest BCUT2D eigenvalue weighted by Gasteiger charge is -2.21. The number of halogens is 2. The molecule has 0 fully saturated rings. The van der Waals surface area contributed by atoms with Crippen LogP contribution in [0.5, 0.6) is 0 Å². The van der Waals surface area contributed by atoms with E-state index in [2.05, 4.69) is 0 Å². The van der Waals surface area contributed by atoms with Crippen LogP contribution in [0, 0.1) is 5.82 Å². The highest BCUT2D eigenvalue weighted by atomic mass is 35.5. The van der Waals surface area contributed by atoms with Gasteiger partial charge in [0.05, 0.1) is 0 Å². The van der Waals surface area contributed by atoms with Crippen molar-refractivity contribution in [2.45, 2.75) is 24.0 Å². The Morgan fingerprint density at radius 1 is 1.20 bits per heavy atom. The van der Waals surface area contributed by atoms with E-state index in [0.717, 1.165) is 16.3 Å². The maximum absolute atomic E-state index is 13.3. The molecule has 0 aliphatic rings. The van der Waals surface area contributed by atoms with Gasteiger partial charge >= 0.3 is 0 Å². The van der Waals surface area contributed by atoms with Crippen molar-refractivity contribution in [3.8, 4) is 0 Å². The summed E-state index contributed by atoms with van der Waals surface area (Å²) in [5.74, 6) is 0.597. The minimum absolute atomic E-state index is 0.0471. The quantitative estimate of drug-likeness (QED) is 0.858. The zero-order valence-electron chi connectivity index (χ0n) is 11.2. The molecule has 0 saturated carbocycles. The third-order valence-electron chi connectivity index (χ3n) is 3.00. The van der Waals surface area contributed by atoms with Crippen LogP contribution in [0.4, 0.5) is 4.39 Å². The first-order chi connectivity index (χ1) is 9.56. The van der Waals surface area contributed by atoms with E-state index in [0.29, 0.717) is 0 Å². The van der Waals surface area contributed by atoms with Crippen molar-refractivity contribution < 1.29 is 4.39 Å². The minimum Gasteiger partial charge on any atom is -0.327 e. The highest BCUT2D eigenvalue weighted by molar-refractivity contribution is 7.98. The maximum atomic E-state index is 13.3. The smallest absolute Gasteiger partial charge is 0.123 e. The molecule has 106 valence electrons. The summed E-state index contributed by atoms with van der Waals surface area (Å²) >= 11 is 7.59. The van der Waals surface area contributed by atoms with Crippen LogP contribution >= 0.6 is 23.4 Å². The first-order valence-electron chi connectivity index (χ1n) is 6.43. The number of hydrogen-bond acceptors (Lipinski definition) is 2. The average Bonchev–Trinajstić information content (AvgIpc) is 2.41. The monoisotopic (exact) mass is 309 g/mol. The normalized spacial score (nSPS) is 14.0. The zero-order chi connectivity index (χ0) is 14.5. The molecule has 0 aliphatic heterocycles. The van der Waals surface area contributed by atoms with E-state index in [-0.39, 0.29) is 17.1 Å². The molecule has 2 aromatic rings. The van der Waals surface area contributed by atoms with E-state index < -0.39 is 0 Å². The Morgan fingerprint density at radius 3 is 2.50 bits per heavy atom. The van der Waals surface area contributed by atoms with Crippen molar-refractivity contribution >= 4 is 23.4 Å². The number of nitrogens with two attached hydrogens (primary N) is 1. The molecule has 20 heavy (non-hydrogen) atoms. The molecule has 2 N–H and O–H groups in total. The predicted molar refractivity (Wildman–Crippen MR) is 85.5 cm³/mol. The lowest BCUT2D eigenvalue weighted by atomic mass is 10.1. The third kappa shape index (κ3) is 4.23. The predicted octanol–water partition coefficient (Wildman–Crippen LogP) is 4.80. The summed E-state index contributed by atoms with van der Waals surface area (Å²) in [5, 5.41) is 0.800. The molecule has 2 atom stereocenters. The molecule has 0 heterocycles. The van der Waals surface area contributed by atoms with Gasteiger partial charge in [-0.05, 0) is 42.3 Å². The molecule has 4 heteroatoms. The van der Waals surface area contributed by atoms with Crippen LogP contribution in [0.15, 0.2) is 48.5 Å². The van der Waals surface area contributed by atoms with Crippen LogP contribution < -0.4 is 5.73 Å². The molecule has 2 unspecified atom stereocenters. The van der Waals surface area contributed by atoms with Crippen LogP contribution in [0.2, 0.25) is 5.02 Å². The van der Waals surface area contributed by atoms with Gasteiger partial charge in [0.25, 0.3) is 0 Å². The number of thioether (sulfide) groups is 1. The third-order valence-corrected chi connectivity index (χ3v) is 4.81. The summed E-state index contributed by atoms with van der Waals surface area (Å²) in [6.45, 7) is 1.95. The van der Waals surface area contributed by atoms with Gasteiger partial charge in [0, 0.05) is 22.1 Å². The van der Waals surface area contributed by atoms with Crippen LogP contribution in [-0.2, 0) is 5.75 Å². The lowest BCUT2D eigenvalue weighted by Crippen LogP contribution is -2.22. The van der Waals surface area contributed by atoms with Gasteiger partial charge in [0.2, 0.25) is 0 Å². The Kier molecular flexibility index (Phi) is 5.46. The lowest BCUT2D eigenvalue weighted by molar-refractivity contribution is 0.622. The number of hydrogen-bond donors (Lipinski definition) is 1. The standard InChI is InChI=1S/C16H17ClFNS/c1-11(19)16(13-3-2-4-15(18)9-13)20-10-12-5-7-14(17)8-6-12/h2-9,11,16H,10,19H2,1H3. The van der Waals surface area contributed by atoms with Crippen LogP contribution in [0.1, 0.15) is 23.3 Å². The maximum Gasteiger partial charge on any atom is 0.123 e. The van der Waals surface area contributed by atoms with E-state index in [4.69, 9.17) is 17.3 Å². The van der Waals surface area contributed by atoms with Crippen molar-refractivity contribution in [2.24, 2.45) is 5.73 Å². The van der Waals surface area contributed by atoms with E-state index in [1.165, 1.54) is 11.6 Å². The Balaban J connectivity index is 2.08. The summed E-state index contributed by atoms with van der Waals surface area (Å²) in [6.07, 6.45) is 0. The fourth-order valence-electron chi connectivity index (χ4n) is 2.00. The van der Waals surface area contributed by atoms with Gasteiger partial charge < -0.3 is 5.73 Å². The molecule has 0 spiro atoms. The molecule has 2 aromatic carbocycles. The Bertz CT molecular complexity index is 557. The second-order valence-corrected chi connectivity index (χ2v) is 6.34. The molecular weight excluding hydrogens is 293 g/mol. The summed E-state index contributed by atoms with van der Waals surface area (Å²) < 4.78 is 13.3. The molecule has 0 bridgehead atoms. The van der Waals surface area contributed by atoms with E-state index in [1.54, 1.807) is 23.9 Å². The molecule has 2 rings (SSSR count). The average molecular weight is 310 g/mol. The summed E-state index contributed by atoms with van der Waals surface area (Å²) in [5.41, 5.74) is 8.15. The topological polar surface area (TPSA) is 26.0 Å². The van der Waals surface area contributed by atoms with Crippen molar-refractivity contribution in [1.82, 2.24) is 0 Å². The number of benzene rings is 2. The molecule has 0 amide bonds. The second-order valence-electron chi connectivity index (χ2n) is 4.77. The van der Waals surface area contributed by atoms with Crippen molar-refractivity contribution in [2.75, 3.05) is 0 Å². The van der Waals surface area contributed by atoms with Gasteiger partial charge in [-0.15, -0.1) is 11.8 Å². The summed E-state index contributed by atoms with van der Waals surface area (Å²) in [7, 11) is 0. The first-order valence-corrected chi connectivity index (χ1v) is 7.86. The van der Waals surface area contributed by atoms with Crippen molar-refractivity contribution in [3.63, 3.8) is 0 Å².